The number of rotatable bonds is 8. The molecule has 0 amide bonds. The van der Waals surface area contributed by atoms with Crippen LogP contribution in [0.15, 0.2) is 53.9 Å². The second-order valence-electron chi connectivity index (χ2n) is 9.22. The van der Waals surface area contributed by atoms with Gasteiger partial charge in [0.05, 0.1) is 6.54 Å². The van der Waals surface area contributed by atoms with Crippen LogP contribution in [-0.4, -0.2) is 56.4 Å². The SMILES string of the molecule is CN(CCOc1ccc(-c2ccc3c(c2)OCCO3)cc1-c1cccs1)CC(=O)OC(C)(C)C. The number of carbonyl (C=O) groups is 1. The summed E-state index contributed by atoms with van der Waals surface area (Å²) in [5.41, 5.74) is 2.70. The number of likely N-dealkylation sites (N-methyl/N-ethyl adjacent to an activating group) is 1. The smallest absolute Gasteiger partial charge is 0.320 e. The second-order valence-corrected chi connectivity index (χ2v) is 10.2. The molecule has 1 aromatic heterocycles. The zero-order valence-electron chi connectivity index (χ0n) is 20.1. The van der Waals surface area contributed by atoms with Gasteiger partial charge in [-0.2, -0.15) is 0 Å². The summed E-state index contributed by atoms with van der Waals surface area (Å²) >= 11 is 1.67. The lowest BCUT2D eigenvalue weighted by Crippen LogP contribution is -2.34. The topological polar surface area (TPSA) is 57.2 Å². The lowest BCUT2D eigenvalue weighted by Gasteiger charge is -2.22. The Hall–Kier alpha value is -3.03. The van der Waals surface area contributed by atoms with E-state index in [1.165, 1.54) is 0 Å². The first-order valence-electron chi connectivity index (χ1n) is 11.4. The molecule has 34 heavy (non-hydrogen) atoms. The van der Waals surface area contributed by atoms with Crippen LogP contribution in [0.1, 0.15) is 20.8 Å². The van der Waals surface area contributed by atoms with Gasteiger partial charge in [0.1, 0.15) is 31.2 Å². The molecule has 2 heterocycles. The minimum atomic E-state index is -0.483. The van der Waals surface area contributed by atoms with Crippen LogP contribution in [0.3, 0.4) is 0 Å². The van der Waals surface area contributed by atoms with Gasteiger partial charge in [-0.3, -0.25) is 9.69 Å². The Balaban J connectivity index is 1.46. The van der Waals surface area contributed by atoms with E-state index in [1.807, 2.05) is 63.1 Å². The maximum absolute atomic E-state index is 12.1. The number of fused-ring (bicyclic) bond motifs is 1. The molecule has 0 saturated heterocycles. The van der Waals surface area contributed by atoms with E-state index in [-0.39, 0.29) is 12.5 Å². The molecular formula is C27H31NO5S. The average Bonchev–Trinajstić information content (AvgIpc) is 3.32. The lowest BCUT2D eigenvalue weighted by molar-refractivity contribution is -0.155. The number of carbonyl (C=O) groups excluding carboxylic acids is 1. The number of nitrogens with zero attached hydrogens (tertiary/aromatic N) is 1. The third kappa shape index (κ3) is 6.30. The Morgan fingerprint density at radius 3 is 2.50 bits per heavy atom. The van der Waals surface area contributed by atoms with Crippen LogP contribution in [0, 0.1) is 0 Å². The summed E-state index contributed by atoms with van der Waals surface area (Å²) in [4.78, 5) is 15.1. The highest BCUT2D eigenvalue weighted by Crippen LogP contribution is 2.39. The molecule has 1 aliphatic heterocycles. The molecule has 3 aromatic rings. The van der Waals surface area contributed by atoms with Crippen LogP contribution in [-0.2, 0) is 9.53 Å². The average molecular weight is 482 g/mol. The number of ether oxygens (including phenoxy) is 4. The van der Waals surface area contributed by atoms with E-state index in [0.717, 1.165) is 38.8 Å². The standard InChI is InChI=1S/C27H31NO5S/c1-27(2,3)33-26(29)18-28(4)11-12-30-22-9-7-19(16-21(22)25-6-5-15-34-25)20-8-10-23-24(17-20)32-14-13-31-23/h5-10,15-17H,11-14,18H2,1-4H3. The Morgan fingerprint density at radius 1 is 1.03 bits per heavy atom. The maximum atomic E-state index is 12.1. The van der Waals surface area contributed by atoms with E-state index in [9.17, 15) is 4.79 Å². The number of thiophene rings is 1. The van der Waals surface area contributed by atoms with E-state index in [4.69, 9.17) is 18.9 Å². The molecule has 0 unspecified atom stereocenters. The van der Waals surface area contributed by atoms with E-state index >= 15 is 0 Å². The molecule has 0 spiro atoms. The van der Waals surface area contributed by atoms with Gasteiger partial charge in [0.25, 0.3) is 0 Å². The van der Waals surface area contributed by atoms with Crippen molar-refractivity contribution in [1.29, 1.82) is 0 Å². The highest BCUT2D eigenvalue weighted by atomic mass is 32.1. The molecule has 2 aromatic carbocycles. The molecule has 0 aliphatic carbocycles. The fraction of sp³-hybridized carbons (Fsp3) is 0.370. The molecule has 0 N–H and O–H groups in total. The summed E-state index contributed by atoms with van der Waals surface area (Å²) in [6.07, 6.45) is 0. The highest BCUT2D eigenvalue weighted by molar-refractivity contribution is 7.13. The van der Waals surface area contributed by atoms with E-state index in [2.05, 4.69) is 23.6 Å². The van der Waals surface area contributed by atoms with Crippen molar-refractivity contribution in [3.05, 3.63) is 53.9 Å². The van der Waals surface area contributed by atoms with Gasteiger partial charge in [0.15, 0.2) is 11.5 Å². The van der Waals surface area contributed by atoms with Crippen molar-refractivity contribution in [2.24, 2.45) is 0 Å². The Bertz CT molecular complexity index is 1120. The minimum absolute atomic E-state index is 0.224. The second kappa shape index (κ2) is 10.5. The van der Waals surface area contributed by atoms with E-state index < -0.39 is 5.60 Å². The molecule has 4 rings (SSSR count). The number of esters is 1. The van der Waals surface area contributed by atoms with Gasteiger partial charge in [-0.25, -0.2) is 0 Å². The van der Waals surface area contributed by atoms with Crippen molar-refractivity contribution in [3.8, 4) is 38.8 Å². The van der Waals surface area contributed by atoms with Crippen molar-refractivity contribution in [1.82, 2.24) is 4.90 Å². The summed E-state index contributed by atoms with van der Waals surface area (Å²) in [7, 11) is 1.89. The fourth-order valence-corrected chi connectivity index (χ4v) is 4.41. The van der Waals surface area contributed by atoms with Crippen molar-refractivity contribution in [3.63, 3.8) is 0 Å². The number of hydrogen-bond donors (Lipinski definition) is 0. The first-order chi connectivity index (χ1) is 16.3. The summed E-state index contributed by atoms with van der Waals surface area (Å²) in [5.74, 6) is 2.13. The van der Waals surface area contributed by atoms with Gasteiger partial charge in [-0.1, -0.05) is 18.2 Å². The third-order valence-corrected chi connectivity index (χ3v) is 6.09. The zero-order valence-corrected chi connectivity index (χ0v) is 20.9. The van der Waals surface area contributed by atoms with Gasteiger partial charge in [0.2, 0.25) is 0 Å². The normalized spacial score (nSPS) is 13.1. The Morgan fingerprint density at radius 2 is 1.76 bits per heavy atom. The van der Waals surface area contributed by atoms with Crippen LogP contribution in [0.25, 0.3) is 21.6 Å². The Labute approximate surface area is 205 Å². The summed E-state index contributed by atoms with van der Waals surface area (Å²) in [6, 6.07) is 16.4. The highest BCUT2D eigenvalue weighted by Gasteiger charge is 2.18. The van der Waals surface area contributed by atoms with Gasteiger partial charge < -0.3 is 18.9 Å². The van der Waals surface area contributed by atoms with Gasteiger partial charge in [0, 0.05) is 17.0 Å². The van der Waals surface area contributed by atoms with Crippen LogP contribution >= 0.6 is 11.3 Å². The largest absolute Gasteiger partial charge is 0.492 e. The minimum Gasteiger partial charge on any atom is -0.492 e. The molecule has 0 bridgehead atoms. The van der Waals surface area contributed by atoms with Crippen molar-refractivity contribution in [2.75, 3.05) is 40.0 Å². The Kier molecular flexibility index (Phi) is 7.44. The van der Waals surface area contributed by atoms with E-state index in [1.54, 1.807) is 11.3 Å². The number of hydrogen-bond acceptors (Lipinski definition) is 7. The molecular weight excluding hydrogens is 450 g/mol. The summed E-state index contributed by atoms with van der Waals surface area (Å²) in [5, 5.41) is 2.06. The van der Waals surface area contributed by atoms with Gasteiger partial charge in [-0.05, 0) is 74.7 Å². The molecule has 0 fully saturated rings. The molecule has 7 heteroatoms. The summed E-state index contributed by atoms with van der Waals surface area (Å²) in [6.45, 7) is 8.04. The van der Waals surface area contributed by atoms with Crippen molar-refractivity contribution >= 4 is 17.3 Å². The van der Waals surface area contributed by atoms with Crippen molar-refractivity contribution < 1.29 is 23.7 Å². The molecule has 0 saturated carbocycles. The molecule has 0 radical (unpaired) electrons. The molecule has 6 nitrogen and oxygen atoms in total. The van der Waals surface area contributed by atoms with Gasteiger partial charge in [-0.15, -0.1) is 11.3 Å². The number of benzene rings is 2. The first kappa shape index (κ1) is 24.1. The molecule has 180 valence electrons. The van der Waals surface area contributed by atoms with Gasteiger partial charge >= 0.3 is 5.97 Å². The van der Waals surface area contributed by atoms with E-state index in [0.29, 0.717) is 26.4 Å². The van der Waals surface area contributed by atoms with Crippen LogP contribution in [0.5, 0.6) is 17.2 Å². The zero-order chi connectivity index (χ0) is 24.1. The fourth-order valence-electron chi connectivity index (χ4n) is 3.67. The van der Waals surface area contributed by atoms with Crippen LogP contribution in [0.4, 0.5) is 0 Å². The van der Waals surface area contributed by atoms with Crippen LogP contribution < -0.4 is 14.2 Å². The predicted octanol–water partition coefficient (Wildman–Crippen LogP) is 5.51. The lowest BCUT2D eigenvalue weighted by atomic mass is 10.0. The molecule has 1 aliphatic rings. The summed E-state index contributed by atoms with van der Waals surface area (Å²) < 4.78 is 23.0. The molecule has 0 atom stereocenters. The van der Waals surface area contributed by atoms with Crippen molar-refractivity contribution in [2.45, 2.75) is 26.4 Å². The maximum Gasteiger partial charge on any atom is 0.320 e. The monoisotopic (exact) mass is 481 g/mol. The quantitative estimate of drug-likeness (QED) is 0.396. The third-order valence-electron chi connectivity index (χ3n) is 5.19. The predicted molar refractivity (Wildman–Crippen MR) is 135 cm³/mol. The van der Waals surface area contributed by atoms with Crippen LogP contribution in [0.2, 0.25) is 0 Å². The first-order valence-corrected chi connectivity index (χ1v) is 12.3.